The van der Waals surface area contributed by atoms with Crippen LogP contribution < -0.4 is 10.9 Å². The summed E-state index contributed by atoms with van der Waals surface area (Å²) < 4.78 is 5.81. The van der Waals surface area contributed by atoms with Crippen molar-refractivity contribution in [3.63, 3.8) is 0 Å². The molecule has 0 saturated carbocycles. The maximum Gasteiger partial charge on any atom is 0.451 e. The minimum atomic E-state index is -0.845. The Balaban J connectivity index is 2.83. The number of alkyl halides is 1. The number of H-pyrrole nitrogens is 1. The zero-order chi connectivity index (χ0) is 23.4. The molecule has 3 atom stereocenters. The van der Waals surface area contributed by atoms with Crippen LogP contribution in [0.3, 0.4) is 0 Å². The summed E-state index contributed by atoms with van der Waals surface area (Å²) in [5, 5.41) is 9.91. The quantitative estimate of drug-likeness (QED) is 0.225. The van der Waals surface area contributed by atoms with Crippen LogP contribution in [0.4, 0.5) is 4.79 Å². The Kier molecular flexibility index (Phi) is 13.3. The number of hydrogen-bond acceptors (Lipinski definition) is 6. The smallest absolute Gasteiger partial charge is 0.450 e. The highest BCUT2D eigenvalue weighted by Gasteiger charge is 2.19. The summed E-state index contributed by atoms with van der Waals surface area (Å²) >= 11 is 7.69. The van der Waals surface area contributed by atoms with Crippen molar-refractivity contribution in [2.75, 3.05) is 13.7 Å². The van der Waals surface area contributed by atoms with Crippen molar-refractivity contribution in [3.05, 3.63) is 48.6 Å². The largest absolute Gasteiger partial charge is 0.451 e. The van der Waals surface area contributed by atoms with Gasteiger partial charge in [-0.1, -0.05) is 57.5 Å². The van der Waals surface area contributed by atoms with E-state index < -0.39 is 12.1 Å². The van der Waals surface area contributed by atoms with Gasteiger partial charge in [0.1, 0.15) is 15.6 Å². The Morgan fingerprint density at radius 1 is 1.32 bits per heavy atom. The van der Waals surface area contributed by atoms with Crippen LogP contribution in [0.15, 0.2) is 43.8 Å². The Morgan fingerprint density at radius 3 is 2.65 bits per heavy atom. The lowest BCUT2D eigenvalue weighted by molar-refractivity contribution is -0.122. The Labute approximate surface area is 216 Å². The second kappa shape index (κ2) is 14.8. The lowest BCUT2D eigenvalue weighted by atomic mass is 10.1. The molecule has 12 heteroatoms. The van der Waals surface area contributed by atoms with Crippen molar-refractivity contribution in [3.8, 4) is 0 Å². The summed E-state index contributed by atoms with van der Waals surface area (Å²) in [5.41, 5.74) is -0.264. The molecule has 0 unspecified atom stereocenters. The van der Waals surface area contributed by atoms with Crippen LogP contribution in [0.2, 0.25) is 0 Å². The predicted octanol–water partition coefficient (Wildman–Crippen LogP) is 4.88. The van der Waals surface area contributed by atoms with Gasteiger partial charge >= 0.3 is 6.09 Å². The van der Waals surface area contributed by atoms with Crippen molar-refractivity contribution < 1.29 is 14.3 Å². The van der Waals surface area contributed by atoms with Crippen LogP contribution in [-0.4, -0.2) is 41.7 Å². The molecule has 1 aromatic rings. The van der Waals surface area contributed by atoms with E-state index in [2.05, 4.69) is 91.4 Å². The Morgan fingerprint density at radius 2 is 2.00 bits per heavy atom. The summed E-state index contributed by atoms with van der Waals surface area (Å²) in [6.45, 7) is 4.18. The molecule has 9 nitrogen and oxygen atoms in total. The molecule has 0 aromatic carbocycles. The number of rotatable bonds is 8. The molecule has 1 rings (SSSR count). The van der Waals surface area contributed by atoms with Crippen LogP contribution in [-0.2, 0) is 9.53 Å². The summed E-state index contributed by atoms with van der Waals surface area (Å²) in [6.07, 6.45) is 0.233. The van der Waals surface area contributed by atoms with Gasteiger partial charge in [-0.3, -0.25) is 9.59 Å². The number of aromatic amines is 1. The standard InChI is InChI=1S/C19H24BrI2N5O4/c1-4-14(26-27-19(30)31-3)18(29)23-10-11(2)9-13(21)17-24-15(22)7-5-12(20)6-8-16(28)25-17/h5-8,11,13-14H,4,9-10H2,1-3H3,(H,23,29)(H,24,25,28)/t11-,13-,14-/m0/s1. The van der Waals surface area contributed by atoms with Gasteiger partial charge in [-0.15, -0.1) is 0 Å². The highest BCUT2D eigenvalue weighted by Crippen LogP contribution is 2.27. The van der Waals surface area contributed by atoms with E-state index >= 15 is 0 Å². The van der Waals surface area contributed by atoms with Crippen LogP contribution in [0.25, 0.3) is 0 Å². The van der Waals surface area contributed by atoms with Crippen molar-refractivity contribution in [1.82, 2.24) is 15.3 Å². The number of methoxy groups -OCH3 is 1. The highest BCUT2D eigenvalue weighted by molar-refractivity contribution is 14.1. The molecule has 2 N–H and O–H groups in total. The van der Waals surface area contributed by atoms with Crippen molar-refractivity contribution in [2.24, 2.45) is 16.1 Å². The maximum absolute atomic E-state index is 12.3. The number of nitrogens with one attached hydrogen (secondary N) is 2. The molecule has 0 aliphatic rings. The van der Waals surface area contributed by atoms with Gasteiger partial charge in [0.15, 0.2) is 0 Å². The van der Waals surface area contributed by atoms with Gasteiger partial charge in [-0.25, -0.2) is 9.78 Å². The van der Waals surface area contributed by atoms with Gasteiger partial charge in [0, 0.05) is 17.1 Å². The topological polar surface area (TPSA) is 126 Å². The van der Waals surface area contributed by atoms with Crippen molar-refractivity contribution in [1.29, 1.82) is 0 Å². The molecule has 31 heavy (non-hydrogen) atoms. The molecule has 1 heterocycles. The zero-order valence-corrected chi connectivity index (χ0v) is 23.2. The minimum Gasteiger partial charge on any atom is -0.450 e. The van der Waals surface area contributed by atoms with Gasteiger partial charge in [0.05, 0.1) is 11.0 Å². The first kappa shape index (κ1) is 27.9. The van der Waals surface area contributed by atoms with E-state index in [1.165, 1.54) is 13.2 Å². The number of azo groups is 1. The number of carbonyl (C=O) groups is 2. The monoisotopic (exact) mass is 719 g/mol. The third-order valence-electron chi connectivity index (χ3n) is 3.93. The van der Waals surface area contributed by atoms with Crippen molar-refractivity contribution in [2.45, 2.75) is 36.7 Å². The molecule has 0 saturated heterocycles. The van der Waals surface area contributed by atoms with Gasteiger partial charge in [-0.2, -0.15) is 5.11 Å². The van der Waals surface area contributed by atoms with Gasteiger partial charge in [0.2, 0.25) is 11.5 Å². The van der Waals surface area contributed by atoms with Crippen molar-refractivity contribution >= 4 is 73.1 Å². The van der Waals surface area contributed by atoms with Gasteiger partial charge in [0.25, 0.3) is 0 Å². The third-order valence-corrected chi connectivity index (χ3v) is 6.15. The Bertz CT molecular complexity index is 911. The fourth-order valence-corrected chi connectivity index (χ4v) is 4.14. The van der Waals surface area contributed by atoms with E-state index in [-0.39, 0.29) is 21.3 Å². The van der Waals surface area contributed by atoms with E-state index in [1.807, 2.05) is 19.1 Å². The lowest BCUT2D eigenvalue weighted by Crippen LogP contribution is -2.36. The van der Waals surface area contributed by atoms with Gasteiger partial charge in [-0.05, 0) is 59.5 Å². The number of nitrogens with zero attached hydrogens (tertiary/aromatic N) is 3. The van der Waals surface area contributed by atoms with E-state index in [0.29, 0.717) is 25.2 Å². The molecule has 170 valence electrons. The molecule has 0 bridgehead atoms. The molecular weight excluding hydrogens is 696 g/mol. The van der Waals surface area contributed by atoms with E-state index in [9.17, 15) is 14.4 Å². The van der Waals surface area contributed by atoms with E-state index in [0.717, 1.165) is 8.17 Å². The van der Waals surface area contributed by atoms with Gasteiger partial charge < -0.3 is 15.0 Å². The molecule has 0 fully saturated rings. The zero-order valence-electron chi connectivity index (χ0n) is 17.3. The molecule has 0 spiro atoms. The average molecular weight is 720 g/mol. The first-order chi connectivity index (χ1) is 14.7. The molecule has 0 aliphatic heterocycles. The summed E-state index contributed by atoms with van der Waals surface area (Å²) in [5.74, 6) is 0.345. The van der Waals surface area contributed by atoms with E-state index in [4.69, 9.17) is 0 Å². The SMILES string of the molecule is CC[C@H](N=NC(=O)OC)C(=O)NC[C@@H](C)C[C@H](I)c1nc(I)ccc(Br)ccc(=O)[nH]1. The Hall–Kier alpha value is -1.16. The number of aromatic nitrogens is 2. The molecule has 0 radical (unpaired) electrons. The lowest BCUT2D eigenvalue weighted by Gasteiger charge is -2.17. The maximum atomic E-state index is 12.3. The fourth-order valence-electron chi connectivity index (χ4n) is 2.27. The molecular formula is C19H24BrI2N5O4. The molecule has 0 aliphatic carbocycles. The second-order valence-electron chi connectivity index (χ2n) is 6.52. The molecule has 2 amide bonds. The predicted molar refractivity (Wildman–Crippen MR) is 138 cm³/mol. The normalized spacial score (nSPS) is 13.7. The number of ether oxygens (including phenoxy) is 1. The fraction of sp³-hybridized carbons (Fsp3) is 0.474. The number of amides is 2. The minimum absolute atomic E-state index is 0.0761. The van der Waals surface area contributed by atoms with Crippen LogP contribution in [0, 0.1) is 9.62 Å². The average Bonchev–Trinajstić information content (AvgIpc) is 2.73. The number of carbonyl (C=O) groups excluding carboxylic acids is 2. The third kappa shape index (κ3) is 11.3. The van der Waals surface area contributed by atoms with Crippen LogP contribution >= 0.6 is 61.1 Å². The summed E-state index contributed by atoms with van der Waals surface area (Å²) in [7, 11) is 1.19. The first-order valence-corrected chi connectivity index (χ1v) is 12.5. The molecule has 1 aromatic heterocycles. The second-order valence-corrected chi connectivity index (χ2v) is 10.0. The number of hydrogen-bond donors (Lipinski definition) is 2. The first-order valence-electron chi connectivity index (χ1n) is 9.37. The summed E-state index contributed by atoms with van der Waals surface area (Å²) in [6, 6.07) is 6.01. The summed E-state index contributed by atoms with van der Waals surface area (Å²) in [4.78, 5) is 42.9. The highest BCUT2D eigenvalue weighted by atomic mass is 127. The van der Waals surface area contributed by atoms with Crippen LogP contribution in [0.5, 0.6) is 0 Å². The number of halogens is 3. The van der Waals surface area contributed by atoms with Crippen LogP contribution in [0.1, 0.15) is 36.4 Å². The van der Waals surface area contributed by atoms with E-state index in [1.54, 1.807) is 13.0 Å².